The van der Waals surface area contributed by atoms with Gasteiger partial charge in [0.05, 0.1) is 0 Å². The summed E-state index contributed by atoms with van der Waals surface area (Å²) >= 11 is 1.85. The molecule has 1 nitrogen and oxygen atoms in total. The highest BCUT2D eigenvalue weighted by atomic mass is 32.2. The molecule has 0 fully saturated rings. The molecule has 0 atom stereocenters. The number of nitrogens with two attached hydrogens (primary N) is 1. The first-order valence-corrected chi connectivity index (χ1v) is 8.82. The molecule has 5 rings (SSSR count). The third-order valence-electron chi connectivity index (χ3n) is 4.65. The summed E-state index contributed by atoms with van der Waals surface area (Å²) in [7, 11) is 0. The fourth-order valence-corrected chi connectivity index (χ4v) is 4.69. The van der Waals surface area contributed by atoms with E-state index in [2.05, 4.69) is 60.7 Å². The van der Waals surface area contributed by atoms with Crippen molar-refractivity contribution in [2.24, 2.45) is 0 Å². The largest absolute Gasteiger partial charge is 0.398 e. The van der Waals surface area contributed by atoms with Crippen LogP contribution in [0.15, 0.2) is 88.7 Å². The van der Waals surface area contributed by atoms with E-state index in [0.717, 1.165) is 11.3 Å². The van der Waals surface area contributed by atoms with Crippen molar-refractivity contribution in [2.75, 3.05) is 5.73 Å². The summed E-state index contributed by atoms with van der Waals surface area (Å²) in [6.45, 7) is 0. The van der Waals surface area contributed by atoms with Gasteiger partial charge >= 0.3 is 0 Å². The van der Waals surface area contributed by atoms with Crippen molar-refractivity contribution in [3.8, 4) is 22.3 Å². The highest BCUT2D eigenvalue weighted by Crippen LogP contribution is 2.49. The lowest BCUT2D eigenvalue weighted by Gasteiger charge is -2.21. The number of para-hydroxylation sites is 1. The Morgan fingerprint density at radius 2 is 1.29 bits per heavy atom. The van der Waals surface area contributed by atoms with Crippen LogP contribution in [0.25, 0.3) is 33.0 Å². The zero-order valence-electron chi connectivity index (χ0n) is 13.0. The molecular formula is C22H15NS. The minimum atomic E-state index is 0.821. The predicted octanol–water partition coefficient (Wildman–Crippen LogP) is 6.22. The molecule has 0 aliphatic carbocycles. The fraction of sp³-hybridized carbons (Fsp3) is 0. The number of hydrogen-bond acceptors (Lipinski definition) is 2. The van der Waals surface area contributed by atoms with Gasteiger partial charge in [0, 0.05) is 26.4 Å². The minimum Gasteiger partial charge on any atom is -0.398 e. The lowest BCUT2D eigenvalue weighted by molar-refractivity contribution is 1.40. The summed E-state index contributed by atoms with van der Waals surface area (Å²) in [5.74, 6) is 0. The Balaban J connectivity index is 1.89. The van der Waals surface area contributed by atoms with E-state index in [1.807, 2.05) is 30.0 Å². The molecule has 0 saturated heterocycles. The van der Waals surface area contributed by atoms with Gasteiger partial charge in [-0.25, -0.2) is 0 Å². The van der Waals surface area contributed by atoms with Crippen molar-refractivity contribution in [2.45, 2.75) is 9.79 Å². The Hall–Kier alpha value is -2.71. The van der Waals surface area contributed by atoms with Crippen LogP contribution >= 0.6 is 11.8 Å². The third-order valence-corrected chi connectivity index (χ3v) is 5.79. The second kappa shape index (κ2) is 5.15. The van der Waals surface area contributed by atoms with Crippen LogP contribution in [0, 0.1) is 0 Å². The minimum absolute atomic E-state index is 0.821. The summed E-state index contributed by atoms with van der Waals surface area (Å²) in [6, 6.07) is 27.7. The molecule has 0 amide bonds. The topological polar surface area (TPSA) is 26.0 Å². The summed E-state index contributed by atoms with van der Waals surface area (Å²) < 4.78 is 0. The van der Waals surface area contributed by atoms with Gasteiger partial charge in [0.1, 0.15) is 0 Å². The second-order valence-electron chi connectivity index (χ2n) is 6.02. The quantitative estimate of drug-likeness (QED) is 0.370. The zero-order valence-corrected chi connectivity index (χ0v) is 13.8. The standard InChI is InChI=1S/C22H15NS/c23-19-10-3-1-6-15(19)14-12-13-21-22-17(14)8-5-9-18(22)16-7-2-4-11-20(16)24-21/h1-13H,23H2. The van der Waals surface area contributed by atoms with Gasteiger partial charge < -0.3 is 5.73 Å². The lowest BCUT2D eigenvalue weighted by Crippen LogP contribution is -1.95. The lowest BCUT2D eigenvalue weighted by atomic mass is 9.92. The zero-order chi connectivity index (χ0) is 16.1. The molecule has 1 aliphatic rings. The van der Waals surface area contributed by atoms with E-state index < -0.39 is 0 Å². The number of anilines is 1. The number of rotatable bonds is 1. The Labute approximate surface area is 145 Å². The number of hydrogen-bond donors (Lipinski definition) is 1. The van der Waals surface area contributed by atoms with Crippen molar-refractivity contribution in [1.29, 1.82) is 0 Å². The summed E-state index contributed by atoms with van der Waals surface area (Å²) in [5.41, 5.74) is 12.0. The molecule has 1 heterocycles. The van der Waals surface area contributed by atoms with Crippen LogP contribution in [0.5, 0.6) is 0 Å². The molecule has 4 aromatic carbocycles. The molecule has 0 radical (unpaired) electrons. The molecule has 4 aromatic rings. The van der Waals surface area contributed by atoms with Crippen molar-refractivity contribution in [1.82, 2.24) is 0 Å². The number of benzene rings is 4. The molecule has 0 spiro atoms. The van der Waals surface area contributed by atoms with Crippen LogP contribution in [-0.4, -0.2) is 0 Å². The monoisotopic (exact) mass is 325 g/mol. The van der Waals surface area contributed by atoms with Gasteiger partial charge in [0.15, 0.2) is 0 Å². The van der Waals surface area contributed by atoms with E-state index in [-0.39, 0.29) is 0 Å². The van der Waals surface area contributed by atoms with Gasteiger partial charge in [-0.3, -0.25) is 0 Å². The van der Waals surface area contributed by atoms with Crippen molar-refractivity contribution in [3.63, 3.8) is 0 Å². The van der Waals surface area contributed by atoms with E-state index in [1.54, 1.807) is 0 Å². The molecule has 0 unspecified atom stereocenters. The predicted molar refractivity (Wildman–Crippen MR) is 103 cm³/mol. The maximum absolute atomic E-state index is 6.24. The summed E-state index contributed by atoms with van der Waals surface area (Å²) in [4.78, 5) is 2.64. The molecule has 0 aromatic heterocycles. The molecule has 2 heteroatoms. The highest BCUT2D eigenvalue weighted by Gasteiger charge is 2.20. The van der Waals surface area contributed by atoms with Gasteiger partial charge in [-0.1, -0.05) is 72.4 Å². The molecule has 114 valence electrons. The van der Waals surface area contributed by atoms with Crippen LogP contribution in [0.3, 0.4) is 0 Å². The van der Waals surface area contributed by atoms with E-state index in [0.29, 0.717) is 0 Å². The smallest absolute Gasteiger partial charge is 0.0393 e. The number of nitrogen functional groups attached to an aromatic ring is 1. The maximum atomic E-state index is 6.24. The Kier molecular flexibility index (Phi) is 2.94. The normalized spacial score (nSPS) is 12.2. The third kappa shape index (κ3) is 1.90. The number of fused-ring (bicyclic) bond motifs is 2. The molecule has 0 bridgehead atoms. The van der Waals surface area contributed by atoms with E-state index in [1.165, 1.54) is 37.3 Å². The van der Waals surface area contributed by atoms with Crippen LogP contribution in [-0.2, 0) is 0 Å². The molecule has 2 N–H and O–H groups in total. The molecule has 1 aliphatic heterocycles. The van der Waals surface area contributed by atoms with Crippen LogP contribution in [0.1, 0.15) is 0 Å². The van der Waals surface area contributed by atoms with E-state index in [9.17, 15) is 0 Å². The SMILES string of the molecule is Nc1ccccc1-c1ccc2c3c(cccc13)-c1ccccc1S2. The summed E-state index contributed by atoms with van der Waals surface area (Å²) in [5, 5.41) is 2.60. The highest BCUT2D eigenvalue weighted by molar-refractivity contribution is 7.99. The fourth-order valence-electron chi connectivity index (χ4n) is 3.56. The van der Waals surface area contributed by atoms with Crippen LogP contribution < -0.4 is 5.73 Å². The second-order valence-corrected chi connectivity index (χ2v) is 7.11. The van der Waals surface area contributed by atoms with Gasteiger partial charge in [0.25, 0.3) is 0 Å². The van der Waals surface area contributed by atoms with Crippen LogP contribution in [0.2, 0.25) is 0 Å². The average Bonchev–Trinajstić information content (AvgIpc) is 2.63. The molecular weight excluding hydrogens is 310 g/mol. The van der Waals surface area contributed by atoms with Crippen LogP contribution in [0.4, 0.5) is 5.69 Å². The average molecular weight is 325 g/mol. The van der Waals surface area contributed by atoms with Crippen molar-refractivity contribution < 1.29 is 0 Å². The molecule has 24 heavy (non-hydrogen) atoms. The van der Waals surface area contributed by atoms with E-state index >= 15 is 0 Å². The van der Waals surface area contributed by atoms with Gasteiger partial charge in [-0.15, -0.1) is 0 Å². The van der Waals surface area contributed by atoms with Gasteiger partial charge in [0.2, 0.25) is 0 Å². The van der Waals surface area contributed by atoms with Gasteiger partial charge in [-0.05, 0) is 40.3 Å². The van der Waals surface area contributed by atoms with E-state index in [4.69, 9.17) is 5.73 Å². The van der Waals surface area contributed by atoms with Crippen molar-refractivity contribution >= 4 is 28.2 Å². The first kappa shape index (κ1) is 13.7. The summed E-state index contributed by atoms with van der Waals surface area (Å²) in [6.07, 6.45) is 0. The first-order valence-electron chi connectivity index (χ1n) is 8.01. The van der Waals surface area contributed by atoms with Gasteiger partial charge in [-0.2, -0.15) is 0 Å². The Morgan fingerprint density at radius 1 is 0.542 bits per heavy atom. The first-order chi connectivity index (χ1) is 11.8. The van der Waals surface area contributed by atoms with Crippen molar-refractivity contribution in [3.05, 3.63) is 78.9 Å². The Morgan fingerprint density at radius 3 is 2.17 bits per heavy atom. The molecule has 0 saturated carbocycles. The Bertz CT molecular complexity index is 1100. The maximum Gasteiger partial charge on any atom is 0.0393 e.